The Hall–Kier alpha value is -2.60. The number of benzene rings is 2. The molecule has 0 bridgehead atoms. The van der Waals surface area contributed by atoms with Crippen molar-refractivity contribution >= 4 is 70.3 Å². The van der Waals surface area contributed by atoms with Gasteiger partial charge in [-0.15, -0.1) is 0 Å². The third kappa shape index (κ3) is 5.18. The second kappa shape index (κ2) is 9.45. The molecule has 1 saturated heterocycles. The molecule has 2 fully saturated rings. The Morgan fingerprint density at radius 3 is 2.40 bits per heavy atom. The van der Waals surface area contributed by atoms with Crippen molar-refractivity contribution in [2.45, 2.75) is 12.8 Å². The monoisotopic (exact) mass is 529 g/mol. The van der Waals surface area contributed by atoms with Crippen molar-refractivity contribution < 1.29 is 9.36 Å². The number of nitrogens with zero attached hydrogens (tertiary/aromatic N) is 3. The highest BCUT2D eigenvalue weighted by atomic mass is 35.5. The summed E-state index contributed by atoms with van der Waals surface area (Å²) < 4.78 is 12.7. The van der Waals surface area contributed by atoms with E-state index in [2.05, 4.69) is 25.5 Å². The molecule has 1 aromatic heterocycles. The third-order valence-electron chi connectivity index (χ3n) is 6.58. The lowest BCUT2D eigenvalue weighted by atomic mass is 10.0. The molecule has 2 atom stereocenters. The van der Waals surface area contributed by atoms with E-state index in [1.807, 2.05) is 42.5 Å². The standard InChI is InChI=1S/C25H26Cl2N5O2P/c1-35(2,34)23-6-4-3-5-21(23)30-24-20(27)12-28-25(31-24)29-17-7-8-22(19(26)11-17)32-13-15-9-18(33)10-16(15)14-32/h3-8,11-12,15-16H,9-10,13-14H2,1-2H3,(H2,28,29,30,31). The van der Waals surface area contributed by atoms with Crippen LogP contribution >= 0.6 is 30.3 Å². The van der Waals surface area contributed by atoms with Gasteiger partial charge >= 0.3 is 0 Å². The maximum absolute atomic E-state index is 12.7. The molecule has 2 aliphatic rings. The average molecular weight is 530 g/mol. The summed E-state index contributed by atoms with van der Waals surface area (Å²) in [7, 11) is -2.50. The highest BCUT2D eigenvalue weighted by molar-refractivity contribution is 7.70. The van der Waals surface area contributed by atoms with Crippen LogP contribution in [0.15, 0.2) is 48.7 Å². The van der Waals surface area contributed by atoms with Crippen LogP contribution in [0.1, 0.15) is 12.8 Å². The lowest BCUT2D eigenvalue weighted by molar-refractivity contribution is -0.117. The summed E-state index contributed by atoms with van der Waals surface area (Å²) in [6.07, 6.45) is 2.88. The van der Waals surface area contributed by atoms with Crippen LogP contribution in [0.5, 0.6) is 0 Å². The van der Waals surface area contributed by atoms with E-state index in [9.17, 15) is 9.36 Å². The number of carbonyl (C=O) groups is 1. The molecule has 2 aromatic carbocycles. The summed E-state index contributed by atoms with van der Waals surface area (Å²) in [5, 5.41) is 8.08. The van der Waals surface area contributed by atoms with Crippen LogP contribution < -0.4 is 20.8 Å². The van der Waals surface area contributed by atoms with Crippen molar-refractivity contribution in [3.8, 4) is 0 Å². The molecule has 7 nitrogen and oxygen atoms in total. The number of carbonyl (C=O) groups excluding carboxylic acids is 1. The number of Topliss-reactive ketones (excluding diaryl/α,β-unsaturated/α-hetero) is 1. The Bertz CT molecular complexity index is 1330. The fourth-order valence-corrected chi connectivity index (χ4v) is 6.52. The van der Waals surface area contributed by atoms with Gasteiger partial charge in [0.15, 0.2) is 5.82 Å². The Labute approximate surface area is 214 Å². The van der Waals surface area contributed by atoms with Crippen LogP contribution in [0.3, 0.4) is 0 Å². The van der Waals surface area contributed by atoms with Crippen LogP contribution in [0.4, 0.5) is 28.8 Å². The lowest BCUT2D eigenvalue weighted by Crippen LogP contribution is -2.22. The van der Waals surface area contributed by atoms with Gasteiger partial charge in [0.25, 0.3) is 0 Å². The molecule has 2 heterocycles. The lowest BCUT2D eigenvalue weighted by Gasteiger charge is -2.21. The van der Waals surface area contributed by atoms with Gasteiger partial charge in [0, 0.05) is 36.9 Å². The van der Waals surface area contributed by atoms with Crippen molar-refractivity contribution in [2.24, 2.45) is 11.8 Å². The molecule has 3 aromatic rings. The average Bonchev–Trinajstić information content (AvgIpc) is 3.33. The summed E-state index contributed by atoms with van der Waals surface area (Å²) in [6, 6.07) is 13.2. The van der Waals surface area contributed by atoms with E-state index in [4.69, 9.17) is 23.2 Å². The Kier molecular flexibility index (Phi) is 6.51. The number of hydrogen-bond donors (Lipinski definition) is 2. The first kappa shape index (κ1) is 24.1. The molecule has 2 N–H and O–H groups in total. The molecule has 2 unspecified atom stereocenters. The molecule has 0 spiro atoms. The smallest absolute Gasteiger partial charge is 0.229 e. The summed E-state index contributed by atoms with van der Waals surface area (Å²) in [5.41, 5.74) is 2.41. The van der Waals surface area contributed by atoms with Gasteiger partial charge in [0.1, 0.15) is 17.9 Å². The maximum Gasteiger partial charge on any atom is 0.229 e. The topological polar surface area (TPSA) is 87.2 Å². The number of halogens is 2. The van der Waals surface area contributed by atoms with Gasteiger partial charge in [-0.25, -0.2) is 4.98 Å². The number of fused-ring (bicyclic) bond motifs is 1. The number of rotatable bonds is 6. The molecular weight excluding hydrogens is 504 g/mol. The summed E-state index contributed by atoms with van der Waals surface area (Å²) in [4.78, 5) is 22.8. The van der Waals surface area contributed by atoms with Crippen molar-refractivity contribution in [2.75, 3.05) is 42.0 Å². The summed E-state index contributed by atoms with van der Waals surface area (Å²) >= 11 is 13.0. The first-order valence-corrected chi connectivity index (χ1v) is 14.8. The number of para-hydroxylation sites is 1. The molecule has 35 heavy (non-hydrogen) atoms. The van der Waals surface area contributed by atoms with Crippen LogP contribution in [-0.4, -0.2) is 42.2 Å². The molecule has 1 aliphatic heterocycles. The zero-order chi connectivity index (χ0) is 24.7. The van der Waals surface area contributed by atoms with Gasteiger partial charge in [0.2, 0.25) is 5.95 Å². The van der Waals surface area contributed by atoms with Gasteiger partial charge in [-0.2, -0.15) is 4.98 Å². The molecule has 0 amide bonds. The second-order valence-corrected chi connectivity index (χ2v) is 13.5. The van der Waals surface area contributed by atoms with E-state index < -0.39 is 7.14 Å². The van der Waals surface area contributed by atoms with Crippen LogP contribution in [0, 0.1) is 11.8 Å². The van der Waals surface area contributed by atoms with E-state index in [-0.39, 0.29) is 0 Å². The third-order valence-corrected chi connectivity index (χ3v) is 8.71. The van der Waals surface area contributed by atoms with E-state index >= 15 is 0 Å². The molecule has 5 rings (SSSR count). The van der Waals surface area contributed by atoms with Crippen LogP contribution in [0.2, 0.25) is 10.0 Å². The minimum absolute atomic E-state index is 0.346. The normalized spacial score (nSPS) is 19.7. The Morgan fingerprint density at radius 1 is 1.00 bits per heavy atom. The predicted octanol–water partition coefficient (Wildman–Crippen LogP) is 5.93. The molecule has 10 heteroatoms. The predicted molar refractivity (Wildman–Crippen MR) is 144 cm³/mol. The van der Waals surface area contributed by atoms with E-state index in [0.29, 0.717) is 58.0 Å². The van der Waals surface area contributed by atoms with Gasteiger partial charge in [0.05, 0.1) is 22.6 Å². The number of anilines is 5. The SMILES string of the molecule is CP(C)(=O)c1ccccc1Nc1nc(Nc2ccc(N3CC4CC(=O)CC4C3)c(Cl)c2)ncc1Cl. The Morgan fingerprint density at radius 2 is 1.71 bits per heavy atom. The van der Waals surface area contributed by atoms with Crippen molar-refractivity contribution in [1.82, 2.24) is 9.97 Å². The zero-order valence-corrected chi connectivity index (χ0v) is 21.9. The largest absolute Gasteiger partial charge is 0.370 e. The molecule has 182 valence electrons. The van der Waals surface area contributed by atoms with E-state index in [1.54, 1.807) is 13.3 Å². The maximum atomic E-state index is 12.7. The quantitative estimate of drug-likeness (QED) is 0.382. The van der Waals surface area contributed by atoms with Gasteiger partial charge < -0.3 is 20.1 Å². The minimum Gasteiger partial charge on any atom is -0.370 e. The highest BCUT2D eigenvalue weighted by Gasteiger charge is 2.40. The van der Waals surface area contributed by atoms with Gasteiger partial charge in [-0.3, -0.25) is 4.79 Å². The number of aromatic nitrogens is 2. The molecule has 0 radical (unpaired) electrons. The Balaban J connectivity index is 1.33. The minimum atomic E-state index is -2.50. The second-order valence-electron chi connectivity index (χ2n) is 9.55. The highest BCUT2D eigenvalue weighted by Crippen LogP contribution is 2.41. The number of nitrogens with one attached hydrogen (secondary N) is 2. The van der Waals surface area contributed by atoms with E-state index in [0.717, 1.165) is 29.8 Å². The van der Waals surface area contributed by atoms with Crippen molar-refractivity contribution in [1.29, 1.82) is 0 Å². The zero-order valence-electron chi connectivity index (χ0n) is 19.5. The van der Waals surface area contributed by atoms with Gasteiger partial charge in [-0.05, 0) is 55.5 Å². The van der Waals surface area contributed by atoms with Gasteiger partial charge in [-0.1, -0.05) is 35.3 Å². The summed E-state index contributed by atoms with van der Waals surface area (Å²) in [6.45, 7) is 5.18. The molecular formula is C25H26Cl2N5O2P. The van der Waals surface area contributed by atoms with E-state index in [1.165, 1.54) is 6.20 Å². The molecule has 1 saturated carbocycles. The number of ketones is 1. The van der Waals surface area contributed by atoms with Crippen LogP contribution in [0.25, 0.3) is 0 Å². The summed E-state index contributed by atoms with van der Waals surface area (Å²) in [5.74, 6) is 2.01. The number of hydrogen-bond acceptors (Lipinski definition) is 7. The first-order valence-electron chi connectivity index (χ1n) is 11.4. The van der Waals surface area contributed by atoms with Crippen molar-refractivity contribution in [3.05, 3.63) is 58.7 Å². The first-order chi connectivity index (χ1) is 16.7. The fraction of sp³-hybridized carbons (Fsp3) is 0.320. The molecule has 1 aliphatic carbocycles. The fourth-order valence-electron chi connectivity index (χ4n) is 4.93. The van der Waals surface area contributed by atoms with Crippen molar-refractivity contribution in [3.63, 3.8) is 0 Å². The van der Waals surface area contributed by atoms with Crippen LogP contribution in [-0.2, 0) is 9.36 Å².